The van der Waals surface area contributed by atoms with Crippen LogP contribution in [0.1, 0.15) is 54.4 Å². The summed E-state index contributed by atoms with van der Waals surface area (Å²) >= 11 is 11.2. The van der Waals surface area contributed by atoms with E-state index in [4.69, 9.17) is 0 Å². The molecule has 0 fully saturated rings. The third kappa shape index (κ3) is 24.5. The van der Waals surface area contributed by atoms with Crippen molar-refractivity contribution >= 4 is 68.0 Å². The van der Waals surface area contributed by atoms with Gasteiger partial charge in [0.05, 0.1) is 0 Å². The topological polar surface area (TPSA) is 52.9 Å². The third-order valence-corrected chi connectivity index (χ3v) is 4.55. The Hall–Kier alpha value is 0.482. The molecule has 0 heterocycles. The SMILES string of the molecule is CSC(=[SH+])[N-]N=C(C)CC(C)C.CSC(=[SH+])[N-]N=C(C)CC(C)C.[Pd]. The van der Waals surface area contributed by atoms with E-state index in [0.29, 0.717) is 20.5 Å². The van der Waals surface area contributed by atoms with Gasteiger partial charge < -0.3 is 21.1 Å². The van der Waals surface area contributed by atoms with E-state index >= 15 is 0 Å². The molecular weight excluding hydrogens is 483 g/mol. The molecule has 9 heteroatoms. The summed E-state index contributed by atoms with van der Waals surface area (Å²) in [4.78, 5) is 0. The average molecular weight is 515 g/mol. The second-order valence-electron chi connectivity index (χ2n) is 6.04. The Morgan fingerprint density at radius 2 is 1.08 bits per heavy atom. The number of thioether (sulfide) groups is 2. The fraction of sp³-hybridized carbons (Fsp3) is 0.750. The molecule has 0 radical (unpaired) electrons. The second kappa shape index (κ2) is 19.2. The van der Waals surface area contributed by atoms with Gasteiger partial charge in [-0.3, -0.25) is 0 Å². The Labute approximate surface area is 187 Å². The van der Waals surface area contributed by atoms with E-state index in [1.54, 1.807) is 0 Å². The van der Waals surface area contributed by atoms with E-state index in [-0.39, 0.29) is 20.4 Å². The fourth-order valence-corrected chi connectivity index (χ4v) is 1.94. The summed E-state index contributed by atoms with van der Waals surface area (Å²) in [6, 6.07) is 0. The standard InChI is InChI=1S/2C8H16N2S2.Pd/c2*1-6(2)5-7(3)9-10-8(11)12-4;/h2*6H,5H2,1-4H3,(H,10,11);. The van der Waals surface area contributed by atoms with E-state index in [1.165, 1.54) is 23.5 Å². The summed E-state index contributed by atoms with van der Waals surface area (Å²) in [5.74, 6) is 1.28. The monoisotopic (exact) mass is 514 g/mol. The number of rotatable bonds is 6. The number of hydrogen-bond donors (Lipinski definition) is 0. The normalized spacial score (nSPS) is 11.4. The molecule has 0 saturated carbocycles. The Balaban J connectivity index is -0.000000372. The molecule has 0 unspecified atom stereocenters. The van der Waals surface area contributed by atoms with E-state index in [9.17, 15) is 0 Å². The summed E-state index contributed by atoms with van der Waals surface area (Å²) < 4.78 is 1.41. The van der Waals surface area contributed by atoms with Crippen molar-refractivity contribution in [3.63, 3.8) is 0 Å². The number of nitrogens with zero attached hydrogens (tertiary/aromatic N) is 4. The van der Waals surface area contributed by atoms with Gasteiger partial charge in [-0.15, -0.1) is 0 Å². The summed E-state index contributed by atoms with van der Waals surface area (Å²) in [6.07, 6.45) is 5.86. The maximum Gasteiger partial charge on any atom is 0.174 e. The first kappa shape index (κ1) is 30.2. The van der Waals surface area contributed by atoms with Gasteiger partial charge in [0.1, 0.15) is 0 Å². The molecule has 0 rings (SSSR count). The van der Waals surface area contributed by atoms with Crippen molar-refractivity contribution in [3.8, 4) is 0 Å². The predicted molar refractivity (Wildman–Crippen MR) is 126 cm³/mol. The zero-order valence-corrected chi connectivity index (χ0v) is 21.4. The van der Waals surface area contributed by atoms with Crippen molar-refractivity contribution in [1.82, 2.24) is 0 Å². The summed E-state index contributed by atoms with van der Waals surface area (Å²) in [5, 5.41) is 8.08. The largest absolute Gasteiger partial charge is 0.520 e. The van der Waals surface area contributed by atoms with E-state index in [1.807, 2.05) is 26.4 Å². The molecule has 0 atom stereocenters. The van der Waals surface area contributed by atoms with Crippen LogP contribution in [-0.4, -0.2) is 32.6 Å². The first-order valence-corrected chi connectivity index (χ1v) is 11.1. The van der Waals surface area contributed by atoms with Gasteiger partial charge in [-0.05, 0) is 62.5 Å². The molecular formula is C16H32N4PdS4. The van der Waals surface area contributed by atoms with Crippen molar-refractivity contribution in [3.05, 3.63) is 10.9 Å². The van der Waals surface area contributed by atoms with E-state index in [0.717, 1.165) is 24.3 Å². The molecule has 0 aromatic rings. The molecule has 0 aromatic heterocycles. The molecule has 0 aromatic carbocycles. The van der Waals surface area contributed by atoms with Crippen LogP contribution in [0.3, 0.4) is 0 Å². The Kier molecular flexibility index (Phi) is 23.3. The van der Waals surface area contributed by atoms with Crippen LogP contribution < -0.4 is 0 Å². The summed E-state index contributed by atoms with van der Waals surface area (Å²) in [7, 11) is 0. The molecule has 0 N–H and O–H groups in total. The zero-order valence-electron chi connectivity index (χ0n) is 16.4. The van der Waals surface area contributed by atoms with E-state index < -0.39 is 0 Å². The van der Waals surface area contributed by atoms with Gasteiger partial charge >= 0.3 is 0 Å². The minimum absolute atomic E-state index is 0. The molecule has 0 aliphatic carbocycles. The average Bonchev–Trinajstić information content (AvgIpc) is 2.49. The van der Waals surface area contributed by atoms with Crippen LogP contribution in [-0.2, 0) is 44.9 Å². The van der Waals surface area contributed by atoms with Gasteiger partial charge in [-0.1, -0.05) is 51.2 Å². The minimum atomic E-state index is 0. The molecule has 0 spiro atoms. The van der Waals surface area contributed by atoms with E-state index in [2.05, 4.69) is 73.2 Å². The molecule has 0 aliphatic rings. The Morgan fingerprint density at radius 3 is 1.28 bits per heavy atom. The van der Waals surface area contributed by atoms with Crippen LogP contribution in [0, 0.1) is 11.8 Å². The maximum absolute atomic E-state index is 4.10. The molecule has 0 saturated heterocycles. The first-order chi connectivity index (χ1) is 11.1. The van der Waals surface area contributed by atoms with Crippen molar-refractivity contribution in [2.24, 2.45) is 22.0 Å². The number of hydrogen-bond acceptors (Lipinski definition) is 4. The number of thiol groups is 2. The fourth-order valence-electron chi connectivity index (χ4n) is 1.60. The minimum Gasteiger partial charge on any atom is -0.520 e. The molecule has 150 valence electrons. The van der Waals surface area contributed by atoms with Crippen molar-refractivity contribution in [2.45, 2.75) is 54.4 Å². The van der Waals surface area contributed by atoms with Crippen LogP contribution in [0.4, 0.5) is 0 Å². The molecule has 0 amide bonds. The van der Waals surface area contributed by atoms with Crippen LogP contribution >= 0.6 is 23.5 Å². The Morgan fingerprint density at radius 1 is 0.800 bits per heavy atom. The van der Waals surface area contributed by atoms with Gasteiger partial charge in [0.25, 0.3) is 0 Å². The molecule has 0 aliphatic heterocycles. The van der Waals surface area contributed by atoms with Gasteiger partial charge in [0.15, 0.2) is 33.1 Å². The van der Waals surface area contributed by atoms with Crippen LogP contribution in [0.15, 0.2) is 10.2 Å². The quantitative estimate of drug-likeness (QED) is 0.125. The smallest absolute Gasteiger partial charge is 0.174 e. The van der Waals surface area contributed by atoms with Gasteiger partial charge in [0, 0.05) is 20.4 Å². The maximum atomic E-state index is 4.10. The zero-order chi connectivity index (χ0) is 19.1. The van der Waals surface area contributed by atoms with Crippen LogP contribution in [0.2, 0.25) is 0 Å². The molecule has 0 bridgehead atoms. The molecule has 4 nitrogen and oxygen atoms in total. The van der Waals surface area contributed by atoms with Crippen molar-refractivity contribution < 1.29 is 20.4 Å². The van der Waals surface area contributed by atoms with Gasteiger partial charge in [-0.25, -0.2) is 0 Å². The first-order valence-electron chi connectivity index (χ1n) is 7.80. The summed E-state index contributed by atoms with van der Waals surface area (Å²) in [6.45, 7) is 12.6. The predicted octanol–water partition coefficient (Wildman–Crippen LogP) is 5.02. The molecule has 25 heavy (non-hydrogen) atoms. The van der Waals surface area contributed by atoms with Crippen molar-refractivity contribution in [2.75, 3.05) is 12.5 Å². The summed E-state index contributed by atoms with van der Waals surface area (Å²) in [5.41, 5.74) is 9.98. The van der Waals surface area contributed by atoms with Crippen LogP contribution in [0.25, 0.3) is 10.9 Å². The van der Waals surface area contributed by atoms with Gasteiger partial charge in [-0.2, -0.15) is 0 Å². The third-order valence-electron chi connectivity index (χ3n) is 2.38. The van der Waals surface area contributed by atoms with Crippen LogP contribution in [0.5, 0.6) is 0 Å². The van der Waals surface area contributed by atoms with Crippen molar-refractivity contribution in [1.29, 1.82) is 0 Å². The Bertz CT molecular complexity index is 398. The second-order valence-corrected chi connectivity index (χ2v) is 9.08. The van der Waals surface area contributed by atoms with Gasteiger partial charge in [0.2, 0.25) is 0 Å².